The fourth-order valence-electron chi connectivity index (χ4n) is 2.31. The Hall–Kier alpha value is -1.15. The van der Waals surface area contributed by atoms with Crippen molar-refractivity contribution >= 4 is 5.78 Å². The Morgan fingerprint density at radius 1 is 1.38 bits per heavy atom. The molecule has 0 aliphatic carbocycles. The molecule has 1 aliphatic heterocycles. The van der Waals surface area contributed by atoms with Gasteiger partial charge in [-0.2, -0.15) is 0 Å². The van der Waals surface area contributed by atoms with Gasteiger partial charge in [0.2, 0.25) is 0 Å². The smallest absolute Gasteiger partial charge is 0.176 e. The van der Waals surface area contributed by atoms with Crippen LogP contribution in [-0.2, 0) is 0 Å². The van der Waals surface area contributed by atoms with Crippen LogP contribution in [0.3, 0.4) is 0 Å². The van der Waals surface area contributed by atoms with E-state index >= 15 is 0 Å². The minimum Gasteiger partial charge on any atom is -0.296 e. The molecule has 2 heteroatoms. The lowest BCUT2D eigenvalue weighted by Crippen LogP contribution is -2.27. The Bertz CT molecular complexity index is 347. The molecule has 2 nitrogen and oxygen atoms in total. The van der Waals surface area contributed by atoms with Crippen LogP contribution in [0.2, 0.25) is 0 Å². The van der Waals surface area contributed by atoms with Crippen LogP contribution in [0.1, 0.15) is 30.1 Å². The maximum atomic E-state index is 12.0. The first kappa shape index (κ1) is 11.3. The van der Waals surface area contributed by atoms with Crippen LogP contribution >= 0.6 is 0 Å². The molecule has 1 heterocycles. The molecule has 1 saturated heterocycles. The molecule has 1 unspecified atom stereocenters. The van der Waals surface area contributed by atoms with Crippen molar-refractivity contribution in [1.29, 1.82) is 0 Å². The van der Waals surface area contributed by atoms with E-state index in [1.165, 1.54) is 12.8 Å². The summed E-state index contributed by atoms with van der Waals surface area (Å²) < 4.78 is 0. The highest BCUT2D eigenvalue weighted by Crippen LogP contribution is 2.19. The van der Waals surface area contributed by atoms with Crippen LogP contribution in [0.25, 0.3) is 0 Å². The van der Waals surface area contributed by atoms with Gasteiger partial charge in [0, 0.05) is 12.1 Å². The van der Waals surface area contributed by atoms with Gasteiger partial charge >= 0.3 is 0 Å². The average Bonchev–Trinajstić information content (AvgIpc) is 2.78. The lowest BCUT2D eigenvalue weighted by molar-refractivity contribution is 0.0943. The van der Waals surface area contributed by atoms with E-state index in [1.807, 2.05) is 30.3 Å². The predicted octanol–water partition coefficient (Wildman–Crippen LogP) is 2.60. The van der Waals surface area contributed by atoms with Gasteiger partial charge in [-0.1, -0.05) is 43.7 Å². The van der Waals surface area contributed by atoms with E-state index in [2.05, 4.69) is 11.8 Å². The molecule has 1 aromatic carbocycles. The van der Waals surface area contributed by atoms with E-state index in [9.17, 15) is 4.79 Å². The summed E-state index contributed by atoms with van der Waals surface area (Å²) >= 11 is 0. The summed E-state index contributed by atoms with van der Waals surface area (Å²) in [6, 6.07) is 9.59. The summed E-state index contributed by atoms with van der Waals surface area (Å²) in [5, 5.41) is 0. The number of Topliss-reactive ketones (excluding diaryl/α,β-unsaturated/α-hetero) is 1. The quantitative estimate of drug-likeness (QED) is 0.722. The molecule has 0 saturated carbocycles. The lowest BCUT2D eigenvalue weighted by Gasteiger charge is -2.14. The first-order chi connectivity index (χ1) is 7.79. The summed E-state index contributed by atoms with van der Waals surface area (Å²) in [6.07, 6.45) is 2.48. The molecule has 1 atom stereocenters. The monoisotopic (exact) mass is 217 g/mol. The van der Waals surface area contributed by atoms with E-state index in [0.29, 0.717) is 6.54 Å². The highest BCUT2D eigenvalue weighted by molar-refractivity contribution is 5.97. The van der Waals surface area contributed by atoms with Crippen molar-refractivity contribution in [2.75, 3.05) is 19.6 Å². The molecule has 0 aromatic heterocycles. The van der Waals surface area contributed by atoms with Gasteiger partial charge in [0.05, 0.1) is 6.54 Å². The van der Waals surface area contributed by atoms with Gasteiger partial charge in [0.25, 0.3) is 0 Å². The molecule has 1 aromatic rings. The van der Waals surface area contributed by atoms with Crippen molar-refractivity contribution in [3.63, 3.8) is 0 Å². The van der Waals surface area contributed by atoms with Crippen molar-refractivity contribution in [2.24, 2.45) is 5.92 Å². The molecule has 0 N–H and O–H groups in total. The van der Waals surface area contributed by atoms with Crippen LogP contribution in [0.4, 0.5) is 0 Å². The maximum absolute atomic E-state index is 12.0. The van der Waals surface area contributed by atoms with E-state index < -0.39 is 0 Å². The van der Waals surface area contributed by atoms with Crippen molar-refractivity contribution in [3.8, 4) is 0 Å². The van der Waals surface area contributed by atoms with E-state index in [-0.39, 0.29) is 5.78 Å². The molecule has 0 radical (unpaired) electrons. The van der Waals surface area contributed by atoms with E-state index in [0.717, 1.165) is 24.6 Å². The largest absolute Gasteiger partial charge is 0.296 e. The van der Waals surface area contributed by atoms with Gasteiger partial charge in [0.15, 0.2) is 5.78 Å². The highest BCUT2D eigenvalue weighted by atomic mass is 16.1. The number of rotatable bonds is 4. The van der Waals surface area contributed by atoms with Crippen molar-refractivity contribution < 1.29 is 4.79 Å². The van der Waals surface area contributed by atoms with Gasteiger partial charge in [-0.05, 0) is 18.9 Å². The van der Waals surface area contributed by atoms with Gasteiger partial charge < -0.3 is 0 Å². The first-order valence-electron chi connectivity index (χ1n) is 6.10. The number of benzene rings is 1. The summed E-state index contributed by atoms with van der Waals surface area (Å²) in [5.41, 5.74) is 0.836. The predicted molar refractivity (Wildman–Crippen MR) is 65.6 cm³/mol. The zero-order valence-electron chi connectivity index (χ0n) is 9.86. The molecule has 0 spiro atoms. The summed E-state index contributed by atoms with van der Waals surface area (Å²) in [4.78, 5) is 14.2. The number of ketones is 1. The second-order valence-corrected chi connectivity index (χ2v) is 4.59. The molecule has 0 amide bonds. The molecule has 1 fully saturated rings. The van der Waals surface area contributed by atoms with Crippen LogP contribution in [-0.4, -0.2) is 30.3 Å². The average molecular weight is 217 g/mol. The Balaban J connectivity index is 1.89. The fraction of sp³-hybridized carbons (Fsp3) is 0.500. The molecule has 0 bridgehead atoms. The number of carbonyl (C=O) groups excluding carboxylic acids is 1. The zero-order valence-corrected chi connectivity index (χ0v) is 9.86. The minimum atomic E-state index is 0.248. The zero-order chi connectivity index (χ0) is 11.4. The Labute approximate surface area is 97.3 Å². The fourth-order valence-corrected chi connectivity index (χ4v) is 2.31. The maximum Gasteiger partial charge on any atom is 0.176 e. The van der Waals surface area contributed by atoms with E-state index in [1.54, 1.807) is 0 Å². The van der Waals surface area contributed by atoms with Gasteiger partial charge in [0.1, 0.15) is 0 Å². The van der Waals surface area contributed by atoms with Crippen LogP contribution in [0, 0.1) is 5.92 Å². The molecular formula is C14H19NO. The van der Waals surface area contributed by atoms with E-state index in [4.69, 9.17) is 0 Å². The normalized spacial score (nSPS) is 21.2. The Kier molecular flexibility index (Phi) is 3.73. The number of hydrogen-bond donors (Lipinski definition) is 0. The van der Waals surface area contributed by atoms with Crippen LogP contribution in [0.15, 0.2) is 30.3 Å². The van der Waals surface area contributed by atoms with Crippen LogP contribution < -0.4 is 0 Å². The number of nitrogens with zero attached hydrogens (tertiary/aromatic N) is 1. The topological polar surface area (TPSA) is 20.3 Å². The Morgan fingerprint density at radius 3 is 2.75 bits per heavy atom. The molecule has 16 heavy (non-hydrogen) atoms. The summed E-state index contributed by atoms with van der Waals surface area (Å²) in [7, 11) is 0. The highest BCUT2D eigenvalue weighted by Gasteiger charge is 2.22. The van der Waals surface area contributed by atoms with Gasteiger partial charge in [-0.25, -0.2) is 0 Å². The standard InChI is InChI=1S/C14H19NO/c1-2-12-8-9-15(10-12)11-14(16)13-6-4-3-5-7-13/h3-7,12H,2,8-11H2,1H3. The molecule has 2 rings (SSSR count). The van der Waals surface area contributed by atoms with Crippen LogP contribution in [0.5, 0.6) is 0 Å². The third kappa shape index (κ3) is 2.70. The lowest BCUT2D eigenvalue weighted by atomic mass is 10.1. The second kappa shape index (κ2) is 5.26. The van der Waals surface area contributed by atoms with Crippen molar-refractivity contribution in [1.82, 2.24) is 4.90 Å². The van der Waals surface area contributed by atoms with Crippen molar-refractivity contribution in [2.45, 2.75) is 19.8 Å². The molecule has 86 valence electrons. The third-order valence-electron chi connectivity index (χ3n) is 3.41. The second-order valence-electron chi connectivity index (χ2n) is 4.59. The SMILES string of the molecule is CCC1CCN(CC(=O)c2ccccc2)C1. The van der Waals surface area contributed by atoms with Gasteiger partial charge in [-0.3, -0.25) is 9.69 Å². The third-order valence-corrected chi connectivity index (χ3v) is 3.41. The molecule has 1 aliphatic rings. The number of likely N-dealkylation sites (tertiary alicyclic amines) is 1. The number of hydrogen-bond acceptors (Lipinski definition) is 2. The molecular weight excluding hydrogens is 198 g/mol. The summed E-state index contributed by atoms with van der Waals surface area (Å²) in [6.45, 7) is 4.99. The first-order valence-corrected chi connectivity index (χ1v) is 6.10. The Morgan fingerprint density at radius 2 is 2.12 bits per heavy atom. The summed E-state index contributed by atoms with van der Waals surface area (Å²) in [5.74, 6) is 1.04. The minimum absolute atomic E-state index is 0.248. The van der Waals surface area contributed by atoms with Crippen molar-refractivity contribution in [3.05, 3.63) is 35.9 Å². The van der Waals surface area contributed by atoms with Gasteiger partial charge in [-0.15, -0.1) is 0 Å². The number of carbonyl (C=O) groups is 1.